The number of hydrogen-bond acceptors (Lipinski definition) is 3. The molecule has 76 valence electrons. The molecule has 0 amide bonds. The minimum atomic E-state index is 0.111. The Morgan fingerprint density at radius 2 is 2.27 bits per heavy atom. The van der Waals surface area contributed by atoms with Gasteiger partial charge in [-0.1, -0.05) is 18.2 Å². The largest absolute Gasteiger partial charge is 0.507 e. The van der Waals surface area contributed by atoms with Gasteiger partial charge in [-0.2, -0.15) is 5.10 Å². The van der Waals surface area contributed by atoms with Crippen LogP contribution < -0.4 is 0 Å². The average molecular weight is 222 g/mol. The average Bonchev–Trinajstić information content (AvgIpc) is 2.74. The molecule has 0 saturated carbocycles. The summed E-state index contributed by atoms with van der Waals surface area (Å²) in [6.07, 6.45) is 2.90. The molecule has 0 aliphatic heterocycles. The minimum Gasteiger partial charge on any atom is -0.507 e. The summed E-state index contributed by atoms with van der Waals surface area (Å²) in [5.41, 5.74) is 1.06. The third-order valence-electron chi connectivity index (χ3n) is 1.96. The van der Waals surface area contributed by atoms with E-state index in [9.17, 15) is 5.11 Å². The molecule has 5 heteroatoms. The zero-order valence-electron chi connectivity index (χ0n) is 7.76. The lowest BCUT2D eigenvalue weighted by Crippen LogP contribution is -1.98. The Kier molecular flexibility index (Phi) is 2.43. The van der Waals surface area contributed by atoms with Crippen LogP contribution in [-0.2, 0) is 0 Å². The Bertz CT molecular complexity index is 493. The SMILES string of the molecule is C=C(c1cc(Cl)ccc1O)n1cncn1. The number of rotatable bonds is 2. The van der Waals surface area contributed by atoms with Gasteiger partial charge in [0.15, 0.2) is 0 Å². The number of benzene rings is 1. The normalized spacial score (nSPS) is 10.2. The van der Waals surface area contributed by atoms with Gasteiger partial charge in [-0.25, -0.2) is 9.67 Å². The van der Waals surface area contributed by atoms with Gasteiger partial charge in [0, 0.05) is 10.6 Å². The van der Waals surface area contributed by atoms with Gasteiger partial charge in [0.25, 0.3) is 0 Å². The van der Waals surface area contributed by atoms with Crippen LogP contribution >= 0.6 is 11.6 Å². The predicted octanol–water partition coefficient (Wildman–Crippen LogP) is 2.16. The Balaban J connectivity index is 2.46. The molecule has 0 atom stereocenters. The van der Waals surface area contributed by atoms with Crippen LogP contribution in [-0.4, -0.2) is 19.9 Å². The van der Waals surface area contributed by atoms with E-state index in [-0.39, 0.29) is 5.75 Å². The van der Waals surface area contributed by atoms with Crippen molar-refractivity contribution in [2.24, 2.45) is 0 Å². The molecule has 0 spiro atoms. The molecular weight excluding hydrogens is 214 g/mol. The van der Waals surface area contributed by atoms with Gasteiger partial charge in [0.05, 0.1) is 5.70 Å². The number of phenolic OH excluding ortho intramolecular Hbond substituents is 1. The summed E-state index contributed by atoms with van der Waals surface area (Å²) in [4.78, 5) is 3.80. The standard InChI is InChI=1S/C10H8ClN3O/c1-7(14-6-12-5-13-14)9-4-8(11)2-3-10(9)15/h2-6,15H,1H2. The first kappa shape index (κ1) is 9.73. The molecular formula is C10H8ClN3O. The molecule has 0 fully saturated rings. The molecule has 15 heavy (non-hydrogen) atoms. The molecule has 0 radical (unpaired) electrons. The van der Waals surface area contributed by atoms with Gasteiger partial charge in [0.2, 0.25) is 0 Å². The van der Waals surface area contributed by atoms with Crippen molar-refractivity contribution in [2.75, 3.05) is 0 Å². The molecule has 1 N–H and O–H groups in total. The lowest BCUT2D eigenvalue weighted by Gasteiger charge is -2.07. The van der Waals surface area contributed by atoms with E-state index in [2.05, 4.69) is 16.7 Å². The Hall–Kier alpha value is -1.81. The molecule has 0 aliphatic rings. The molecule has 0 bridgehead atoms. The van der Waals surface area contributed by atoms with Crippen molar-refractivity contribution < 1.29 is 5.11 Å². The Labute approximate surface area is 91.5 Å². The number of aromatic nitrogens is 3. The predicted molar refractivity (Wildman–Crippen MR) is 57.6 cm³/mol. The van der Waals surface area contributed by atoms with E-state index in [4.69, 9.17) is 11.6 Å². The fourth-order valence-corrected chi connectivity index (χ4v) is 1.38. The van der Waals surface area contributed by atoms with Crippen LogP contribution in [0.3, 0.4) is 0 Å². The number of nitrogens with zero attached hydrogens (tertiary/aromatic N) is 3. The number of phenols is 1. The fraction of sp³-hybridized carbons (Fsp3) is 0. The number of halogens is 1. The van der Waals surface area contributed by atoms with E-state index in [1.54, 1.807) is 12.1 Å². The van der Waals surface area contributed by atoms with E-state index in [1.165, 1.54) is 23.4 Å². The molecule has 0 saturated heterocycles. The van der Waals surface area contributed by atoms with E-state index >= 15 is 0 Å². The van der Waals surface area contributed by atoms with Crippen LogP contribution in [0.5, 0.6) is 5.75 Å². The van der Waals surface area contributed by atoms with Crippen molar-refractivity contribution in [1.29, 1.82) is 0 Å². The second-order valence-corrected chi connectivity index (χ2v) is 3.38. The van der Waals surface area contributed by atoms with Crippen LogP contribution in [0, 0.1) is 0 Å². The van der Waals surface area contributed by atoms with Crippen molar-refractivity contribution in [1.82, 2.24) is 14.8 Å². The summed E-state index contributed by atoms with van der Waals surface area (Å²) >= 11 is 5.82. The molecule has 4 nitrogen and oxygen atoms in total. The van der Waals surface area contributed by atoms with Gasteiger partial charge in [0.1, 0.15) is 18.4 Å². The molecule has 1 aromatic heterocycles. The van der Waals surface area contributed by atoms with Crippen LogP contribution in [0.25, 0.3) is 5.70 Å². The fourth-order valence-electron chi connectivity index (χ4n) is 1.21. The van der Waals surface area contributed by atoms with Gasteiger partial charge in [-0.3, -0.25) is 0 Å². The summed E-state index contributed by atoms with van der Waals surface area (Å²) < 4.78 is 1.46. The van der Waals surface area contributed by atoms with E-state index < -0.39 is 0 Å². The molecule has 1 heterocycles. The Morgan fingerprint density at radius 3 is 2.93 bits per heavy atom. The molecule has 0 unspecified atom stereocenters. The highest BCUT2D eigenvalue weighted by Crippen LogP contribution is 2.27. The van der Waals surface area contributed by atoms with E-state index in [0.29, 0.717) is 16.3 Å². The maximum absolute atomic E-state index is 9.62. The monoisotopic (exact) mass is 221 g/mol. The lowest BCUT2D eigenvalue weighted by molar-refractivity contribution is 0.473. The zero-order chi connectivity index (χ0) is 10.8. The van der Waals surface area contributed by atoms with Crippen LogP contribution in [0.2, 0.25) is 5.02 Å². The first-order valence-electron chi connectivity index (χ1n) is 4.21. The maximum Gasteiger partial charge on any atom is 0.138 e. The lowest BCUT2D eigenvalue weighted by atomic mass is 10.1. The summed E-state index contributed by atoms with van der Waals surface area (Å²) in [5, 5.41) is 14.1. The first-order valence-corrected chi connectivity index (χ1v) is 4.59. The highest BCUT2D eigenvalue weighted by Gasteiger charge is 2.08. The van der Waals surface area contributed by atoms with Crippen LogP contribution in [0.15, 0.2) is 37.4 Å². The van der Waals surface area contributed by atoms with Crippen molar-refractivity contribution in [3.05, 3.63) is 48.0 Å². The number of hydrogen-bond donors (Lipinski definition) is 1. The van der Waals surface area contributed by atoms with Crippen LogP contribution in [0.1, 0.15) is 5.56 Å². The quantitative estimate of drug-likeness (QED) is 0.846. The maximum atomic E-state index is 9.62. The molecule has 0 aliphatic carbocycles. The Morgan fingerprint density at radius 1 is 1.47 bits per heavy atom. The smallest absolute Gasteiger partial charge is 0.138 e. The molecule has 2 rings (SSSR count). The third-order valence-corrected chi connectivity index (χ3v) is 2.20. The first-order chi connectivity index (χ1) is 7.18. The number of aromatic hydroxyl groups is 1. The van der Waals surface area contributed by atoms with Crippen molar-refractivity contribution in [2.45, 2.75) is 0 Å². The topological polar surface area (TPSA) is 50.9 Å². The van der Waals surface area contributed by atoms with E-state index in [0.717, 1.165) is 0 Å². The summed E-state index contributed by atoms with van der Waals surface area (Å²) in [7, 11) is 0. The van der Waals surface area contributed by atoms with Gasteiger partial charge >= 0.3 is 0 Å². The minimum absolute atomic E-state index is 0.111. The van der Waals surface area contributed by atoms with Crippen LogP contribution in [0.4, 0.5) is 0 Å². The third kappa shape index (κ3) is 1.85. The zero-order valence-corrected chi connectivity index (χ0v) is 8.52. The van der Waals surface area contributed by atoms with Crippen molar-refractivity contribution in [3.63, 3.8) is 0 Å². The summed E-state index contributed by atoms with van der Waals surface area (Å²) in [6, 6.07) is 4.75. The van der Waals surface area contributed by atoms with Gasteiger partial charge in [-0.15, -0.1) is 0 Å². The highest BCUT2D eigenvalue weighted by molar-refractivity contribution is 6.30. The van der Waals surface area contributed by atoms with Gasteiger partial charge < -0.3 is 5.11 Å². The van der Waals surface area contributed by atoms with E-state index in [1.807, 2.05) is 0 Å². The summed E-state index contributed by atoms with van der Waals surface area (Å²) in [5.74, 6) is 0.111. The van der Waals surface area contributed by atoms with Gasteiger partial charge in [-0.05, 0) is 18.2 Å². The van der Waals surface area contributed by atoms with Crippen molar-refractivity contribution >= 4 is 17.3 Å². The molecule has 1 aromatic carbocycles. The second kappa shape index (κ2) is 3.74. The second-order valence-electron chi connectivity index (χ2n) is 2.95. The highest BCUT2D eigenvalue weighted by atomic mass is 35.5. The summed E-state index contributed by atoms with van der Waals surface area (Å²) in [6.45, 7) is 3.81. The molecule has 2 aromatic rings. The van der Waals surface area contributed by atoms with Crippen molar-refractivity contribution in [3.8, 4) is 5.75 Å².